The fraction of sp³-hybridized carbons (Fsp3) is 0.529. The lowest BCUT2D eigenvalue weighted by molar-refractivity contribution is -0.125. The van der Waals surface area contributed by atoms with Crippen molar-refractivity contribution < 1.29 is 4.79 Å². The molecule has 1 aromatic carbocycles. The largest absolute Gasteiger partial charge is 0.354 e. The molecule has 1 unspecified atom stereocenters. The van der Waals surface area contributed by atoms with Crippen LogP contribution in [0, 0.1) is 0 Å². The number of tetrazole rings is 1. The van der Waals surface area contributed by atoms with Crippen LogP contribution in [-0.2, 0) is 4.79 Å². The molecule has 0 saturated heterocycles. The van der Waals surface area contributed by atoms with Crippen LogP contribution in [0.4, 0.5) is 0 Å². The molecule has 24 heavy (non-hydrogen) atoms. The van der Waals surface area contributed by atoms with Crippen LogP contribution < -0.4 is 5.32 Å². The molecule has 6 nitrogen and oxygen atoms in total. The molecule has 0 radical (unpaired) electrons. The van der Waals surface area contributed by atoms with Gasteiger partial charge in [0.1, 0.15) is 0 Å². The number of benzene rings is 1. The van der Waals surface area contributed by atoms with E-state index in [-0.39, 0.29) is 5.91 Å². The Morgan fingerprint density at radius 1 is 1.21 bits per heavy atom. The average molecular weight is 350 g/mol. The van der Waals surface area contributed by atoms with Gasteiger partial charge in [0.05, 0.1) is 0 Å². The molecule has 2 aromatic rings. The number of nitrogens with one attached hydrogen (secondary N) is 1. The summed E-state index contributed by atoms with van der Waals surface area (Å²) in [5.74, 6) is 0.426. The van der Waals surface area contributed by atoms with Crippen LogP contribution in [0.15, 0.2) is 24.3 Å². The first-order valence-corrected chi connectivity index (χ1v) is 8.86. The summed E-state index contributed by atoms with van der Waals surface area (Å²) in [6.07, 6.45) is 5.12. The fourth-order valence-electron chi connectivity index (χ4n) is 2.41. The van der Waals surface area contributed by atoms with Crippen molar-refractivity contribution in [3.63, 3.8) is 0 Å². The quantitative estimate of drug-likeness (QED) is 0.701. The fourth-order valence-corrected chi connectivity index (χ4v) is 2.53. The Morgan fingerprint density at radius 2 is 1.96 bits per heavy atom. The Bertz CT molecular complexity index is 641. The van der Waals surface area contributed by atoms with Gasteiger partial charge in [-0.25, -0.2) is 0 Å². The van der Waals surface area contributed by atoms with Crippen molar-refractivity contribution in [1.82, 2.24) is 25.5 Å². The smallest absolute Gasteiger partial charge is 0.246 e. The van der Waals surface area contributed by atoms with E-state index >= 15 is 0 Å². The number of hydrogen-bond donors (Lipinski definition) is 1. The highest BCUT2D eigenvalue weighted by molar-refractivity contribution is 6.30. The van der Waals surface area contributed by atoms with Gasteiger partial charge in [0.15, 0.2) is 6.04 Å². The second-order valence-corrected chi connectivity index (χ2v) is 6.15. The highest BCUT2D eigenvalue weighted by atomic mass is 35.5. The summed E-state index contributed by atoms with van der Waals surface area (Å²) < 4.78 is 0. The zero-order chi connectivity index (χ0) is 17.4. The maximum absolute atomic E-state index is 12.3. The predicted octanol–water partition coefficient (Wildman–Crippen LogP) is 3.64. The molecule has 1 aromatic heterocycles. The Balaban J connectivity index is 1.97. The Hall–Kier alpha value is -1.95. The van der Waals surface area contributed by atoms with E-state index in [0.717, 1.165) is 18.4 Å². The van der Waals surface area contributed by atoms with Gasteiger partial charge in [-0.2, -0.15) is 4.80 Å². The maximum Gasteiger partial charge on any atom is 0.246 e. The topological polar surface area (TPSA) is 72.7 Å². The number of aromatic nitrogens is 4. The second kappa shape index (κ2) is 9.37. The highest BCUT2D eigenvalue weighted by Gasteiger charge is 2.21. The molecule has 0 bridgehead atoms. The van der Waals surface area contributed by atoms with E-state index in [1.165, 1.54) is 17.6 Å². The molecule has 7 heteroatoms. The van der Waals surface area contributed by atoms with E-state index in [2.05, 4.69) is 27.7 Å². The first-order valence-electron chi connectivity index (χ1n) is 8.48. The number of amides is 1. The lowest BCUT2D eigenvalue weighted by Gasteiger charge is -2.13. The molecule has 0 saturated carbocycles. The first-order chi connectivity index (χ1) is 11.7. The summed E-state index contributed by atoms with van der Waals surface area (Å²) in [5, 5.41) is 16.1. The molecule has 0 fully saturated rings. The van der Waals surface area contributed by atoms with Crippen molar-refractivity contribution in [2.45, 2.75) is 52.0 Å². The summed E-state index contributed by atoms with van der Waals surface area (Å²) >= 11 is 5.88. The van der Waals surface area contributed by atoms with Crippen LogP contribution in [-0.4, -0.2) is 32.7 Å². The number of halogens is 1. The lowest BCUT2D eigenvalue weighted by Crippen LogP contribution is -2.34. The SMILES string of the molecule is CCCCCCNC(=O)C(CC)n1nnc(-c2ccc(Cl)cc2)n1. The van der Waals surface area contributed by atoms with Gasteiger partial charge in [-0.3, -0.25) is 4.79 Å². The number of hydrogen-bond acceptors (Lipinski definition) is 4. The normalized spacial score (nSPS) is 12.1. The van der Waals surface area contributed by atoms with Gasteiger partial charge in [-0.15, -0.1) is 10.2 Å². The molecular formula is C17H24ClN5O. The first kappa shape index (κ1) is 18.4. The van der Waals surface area contributed by atoms with Crippen molar-refractivity contribution in [3.05, 3.63) is 29.3 Å². The van der Waals surface area contributed by atoms with Crippen LogP contribution in [0.1, 0.15) is 52.0 Å². The van der Waals surface area contributed by atoms with Gasteiger partial charge in [0.25, 0.3) is 0 Å². The molecule has 0 aliphatic heterocycles. The van der Waals surface area contributed by atoms with Crippen LogP contribution >= 0.6 is 11.6 Å². The average Bonchev–Trinajstić information content (AvgIpc) is 3.05. The van der Waals surface area contributed by atoms with Crippen LogP contribution in [0.2, 0.25) is 5.02 Å². The zero-order valence-corrected chi connectivity index (χ0v) is 15.0. The molecule has 1 amide bonds. The molecule has 1 N–H and O–H groups in total. The number of carbonyl (C=O) groups is 1. The molecule has 0 spiro atoms. The molecule has 0 aliphatic carbocycles. The van der Waals surface area contributed by atoms with E-state index in [0.29, 0.717) is 23.8 Å². The minimum atomic E-state index is -0.440. The van der Waals surface area contributed by atoms with Gasteiger partial charge >= 0.3 is 0 Å². The monoisotopic (exact) mass is 349 g/mol. The molecule has 1 atom stereocenters. The van der Waals surface area contributed by atoms with E-state index in [1.54, 1.807) is 12.1 Å². The second-order valence-electron chi connectivity index (χ2n) is 5.72. The Labute approximate surface area is 147 Å². The van der Waals surface area contributed by atoms with Gasteiger partial charge in [-0.05, 0) is 42.3 Å². The van der Waals surface area contributed by atoms with Crippen molar-refractivity contribution in [2.75, 3.05) is 6.54 Å². The number of nitrogens with zero attached hydrogens (tertiary/aromatic N) is 4. The standard InChI is InChI=1S/C17H24ClN5O/c1-3-5-6-7-12-19-17(24)15(4-2)23-21-16(20-22-23)13-8-10-14(18)11-9-13/h8-11,15H,3-7,12H2,1-2H3,(H,19,24). The minimum Gasteiger partial charge on any atom is -0.354 e. The van der Waals surface area contributed by atoms with Crippen LogP contribution in [0.25, 0.3) is 11.4 Å². The summed E-state index contributed by atoms with van der Waals surface area (Å²) in [6, 6.07) is 6.77. The molecule has 130 valence electrons. The van der Waals surface area contributed by atoms with Gasteiger partial charge in [-0.1, -0.05) is 44.7 Å². The van der Waals surface area contributed by atoms with E-state index < -0.39 is 6.04 Å². The van der Waals surface area contributed by atoms with Crippen molar-refractivity contribution in [2.24, 2.45) is 0 Å². The third kappa shape index (κ3) is 5.03. The van der Waals surface area contributed by atoms with E-state index in [1.807, 2.05) is 19.1 Å². The summed E-state index contributed by atoms with van der Waals surface area (Å²) in [6.45, 7) is 4.79. The van der Waals surface area contributed by atoms with Crippen molar-refractivity contribution in [3.8, 4) is 11.4 Å². The number of unbranched alkanes of at least 4 members (excludes halogenated alkanes) is 3. The predicted molar refractivity (Wildman–Crippen MR) is 94.7 cm³/mol. The third-order valence-electron chi connectivity index (χ3n) is 3.83. The summed E-state index contributed by atoms with van der Waals surface area (Å²) in [5.41, 5.74) is 0.820. The van der Waals surface area contributed by atoms with E-state index in [4.69, 9.17) is 11.6 Å². The summed E-state index contributed by atoms with van der Waals surface area (Å²) in [4.78, 5) is 13.7. The van der Waals surface area contributed by atoms with Crippen molar-refractivity contribution in [1.29, 1.82) is 0 Å². The van der Waals surface area contributed by atoms with E-state index in [9.17, 15) is 4.79 Å². The highest BCUT2D eigenvalue weighted by Crippen LogP contribution is 2.18. The molecule has 1 heterocycles. The Morgan fingerprint density at radius 3 is 2.62 bits per heavy atom. The van der Waals surface area contributed by atoms with Gasteiger partial charge < -0.3 is 5.32 Å². The lowest BCUT2D eigenvalue weighted by atomic mass is 10.2. The molecule has 0 aliphatic rings. The summed E-state index contributed by atoms with van der Waals surface area (Å²) in [7, 11) is 0. The maximum atomic E-state index is 12.3. The van der Waals surface area contributed by atoms with Crippen molar-refractivity contribution >= 4 is 17.5 Å². The van der Waals surface area contributed by atoms with Gasteiger partial charge in [0, 0.05) is 17.1 Å². The Kier molecular flexibility index (Phi) is 7.18. The number of carbonyl (C=O) groups excluding carboxylic acids is 1. The third-order valence-corrected chi connectivity index (χ3v) is 4.08. The molecule has 2 rings (SSSR count). The van der Waals surface area contributed by atoms with Crippen LogP contribution in [0.5, 0.6) is 0 Å². The molecular weight excluding hydrogens is 326 g/mol. The van der Waals surface area contributed by atoms with Gasteiger partial charge in [0.2, 0.25) is 11.7 Å². The number of rotatable bonds is 9. The zero-order valence-electron chi connectivity index (χ0n) is 14.2. The minimum absolute atomic E-state index is 0.0611. The van der Waals surface area contributed by atoms with Crippen LogP contribution in [0.3, 0.4) is 0 Å².